The number of esters is 1. The molecule has 8 atom stereocenters. The third kappa shape index (κ3) is 7.74. The van der Waals surface area contributed by atoms with E-state index < -0.39 is 82.0 Å². The summed E-state index contributed by atoms with van der Waals surface area (Å²) in [6.07, 6.45) is 10.5. The van der Waals surface area contributed by atoms with Crippen LogP contribution in [0.4, 0.5) is 0 Å². The van der Waals surface area contributed by atoms with E-state index in [4.69, 9.17) is 30.4 Å². The summed E-state index contributed by atoms with van der Waals surface area (Å²) in [5.41, 5.74) is 10.5. The summed E-state index contributed by atoms with van der Waals surface area (Å²) in [6.45, 7) is 18.5. The Labute approximate surface area is 341 Å². The van der Waals surface area contributed by atoms with Crippen LogP contribution in [0.1, 0.15) is 110 Å². The van der Waals surface area contributed by atoms with Crippen LogP contribution in [-0.2, 0) is 20.7 Å². The smallest absolute Gasteiger partial charge is 0.333 e. The summed E-state index contributed by atoms with van der Waals surface area (Å²) in [5, 5.41) is 39.8. The number of ketones is 2. The summed E-state index contributed by atoms with van der Waals surface area (Å²) >= 11 is 0. The lowest BCUT2D eigenvalue weighted by atomic mass is 9.47. The predicted octanol–water partition coefficient (Wildman–Crippen LogP) is 6.52. The van der Waals surface area contributed by atoms with E-state index >= 15 is 9.59 Å². The van der Waals surface area contributed by atoms with Crippen molar-refractivity contribution in [3.05, 3.63) is 57.7 Å². The number of carbonyl (C=O) groups excluding carboxylic acids is 3. The number of Topliss-reactive ketones (excluding diaryl/α,β-unsaturated/α-hetero) is 2. The van der Waals surface area contributed by atoms with Crippen molar-refractivity contribution in [3.63, 3.8) is 0 Å². The molecule has 1 aromatic carbocycles. The van der Waals surface area contributed by atoms with Crippen LogP contribution in [0.2, 0.25) is 0 Å². The molecule has 14 heteroatoms. The van der Waals surface area contributed by atoms with Crippen molar-refractivity contribution < 1.29 is 48.9 Å². The third-order valence-electron chi connectivity index (χ3n) is 12.4. The number of ether oxygens (including phenoxy) is 4. The van der Waals surface area contributed by atoms with Crippen LogP contribution in [0, 0.1) is 35.5 Å². The number of amidine groups is 2. The number of hydrogen-bond acceptors (Lipinski definition) is 12. The predicted molar refractivity (Wildman–Crippen MR) is 221 cm³/mol. The van der Waals surface area contributed by atoms with E-state index in [1.165, 1.54) is 39.7 Å². The average molecular weight is 807 g/mol. The van der Waals surface area contributed by atoms with E-state index in [9.17, 15) is 20.3 Å². The molecule has 0 radical (unpaired) electrons. The Bertz CT molecular complexity index is 1970. The summed E-state index contributed by atoms with van der Waals surface area (Å²) in [7, 11) is 2.65. The molecule has 0 saturated heterocycles. The Hall–Kier alpha value is -5.11. The van der Waals surface area contributed by atoms with Crippen LogP contribution in [-0.4, -0.2) is 75.8 Å². The van der Waals surface area contributed by atoms with Gasteiger partial charge < -0.3 is 45.9 Å². The molecule has 1 aliphatic carbocycles. The lowest BCUT2D eigenvalue weighted by Crippen LogP contribution is -2.79. The minimum atomic E-state index is -2.49. The number of hydrogen-bond donors (Lipinski definition) is 5. The Balaban J connectivity index is 2.26. The van der Waals surface area contributed by atoms with Crippen molar-refractivity contribution in [2.75, 3.05) is 14.2 Å². The van der Waals surface area contributed by atoms with Gasteiger partial charge in [-0.25, -0.2) is 4.79 Å². The number of carbonyl (C=O) groups is 3. The lowest BCUT2D eigenvalue weighted by Gasteiger charge is -2.62. The zero-order valence-electron chi connectivity index (χ0n) is 35.9. The van der Waals surface area contributed by atoms with E-state index in [-0.39, 0.29) is 35.0 Å². The summed E-state index contributed by atoms with van der Waals surface area (Å²) in [5.74, 6) is -9.04. The summed E-state index contributed by atoms with van der Waals surface area (Å²) in [6, 6.07) is 0. The second-order valence-corrected chi connectivity index (χ2v) is 17.0. The van der Waals surface area contributed by atoms with Crippen LogP contribution in [0.3, 0.4) is 0 Å². The maximum absolute atomic E-state index is 16.0. The van der Waals surface area contributed by atoms with E-state index in [0.29, 0.717) is 23.3 Å². The van der Waals surface area contributed by atoms with E-state index in [1.54, 1.807) is 6.92 Å². The van der Waals surface area contributed by atoms with Gasteiger partial charge in [-0.15, -0.1) is 0 Å². The van der Waals surface area contributed by atoms with E-state index in [2.05, 4.69) is 16.4 Å². The number of nitrogens with two attached hydrogens (primary N) is 2. The van der Waals surface area contributed by atoms with E-state index in [0.717, 1.165) is 12.0 Å². The molecule has 2 heterocycles. The number of allylic oxidation sites excluding steroid dienone is 4. The molecule has 0 aromatic heterocycles. The molecular formula is C44H62N4O10. The second-order valence-electron chi connectivity index (χ2n) is 17.0. The largest absolute Gasteiger partial charge is 0.495 e. The molecule has 58 heavy (non-hydrogen) atoms. The number of aliphatic hydroxyl groups is 1. The molecule has 0 spiro atoms. The highest BCUT2D eigenvalue weighted by molar-refractivity contribution is 6.12. The molecule has 14 nitrogen and oxygen atoms in total. The van der Waals surface area contributed by atoms with Gasteiger partial charge in [0, 0.05) is 29.4 Å². The van der Waals surface area contributed by atoms with Crippen molar-refractivity contribution in [2.45, 2.75) is 112 Å². The first kappa shape index (κ1) is 45.6. The Morgan fingerprint density at radius 1 is 0.966 bits per heavy atom. The highest BCUT2D eigenvalue weighted by atomic mass is 16.5. The number of nitrogens with zero attached hydrogens (tertiary/aromatic N) is 2. The van der Waals surface area contributed by atoms with Crippen LogP contribution in [0.5, 0.6) is 17.2 Å². The maximum atomic E-state index is 16.0. The van der Waals surface area contributed by atoms with Crippen LogP contribution in [0.15, 0.2) is 51.3 Å². The van der Waals surface area contributed by atoms with Crippen molar-refractivity contribution >= 4 is 35.3 Å². The molecule has 2 aliphatic heterocycles. The van der Waals surface area contributed by atoms with Crippen molar-refractivity contribution in [1.82, 2.24) is 0 Å². The molecular weight excluding hydrogens is 745 g/mol. The second kappa shape index (κ2) is 17.4. The van der Waals surface area contributed by atoms with Crippen molar-refractivity contribution in [3.8, 4) is 17.2 Å². The first-order valence-electron chi connectivity index (χ1n) is 19.7. The number of rotatable bonds is 14. The van der Waals surface area contributed by atoms with Crippen LogP contribution >= 0.6 is 0 Å². The van der Waals surface area contributed by atoms with Gasteiger partial charge in [-0.2, -0.15) is 0 Å². The fourth-order valence-corrected chi connectivity index (χ4v) is 9.00. The minimum absolute atomic E-state index is 0.0457. The summed E-state index contributed by atoms with van der Waals surface area (Å²) in [4.78, 5) is 43.8. The fourth-order valence-electron chi connectivity index (χ4n) is 9.00. The molecule has 0 amide bonds. The molecule has 3 aliphatic rings. The average Bonchev–Trinajstić information content (AvgIpc) is 3.18. The molecule has 8 unspecified atom stereocenters. The quantitative estimate of drug-likeness (QED) is 0.0258. The normalized spacial score (nSPS) is 28.0. The van der Waals surface area contributed by atoms with Gasteiger partial charge in [0.1, 0.15) is 40.1 Å². The van der Waals surface area contributed by atoms with Gasteiger partial charge >= 0.3 is 5.97 Å². The zero-order chi connectivity index (χ0) is 43.7. The van der Waals surface area contributed by atoms with Gasteiger partial charge in [0.15, 0.2) is 22.8 Å². The molecule has 7 N–H and O–H groups in total. The van der Waals surface area contributed by atoms with E-state index in [1.807, 2.05) is 66.7 Å². The van der Waals surface area contributed by atoms with Crippen LogP contribution in [0.25, 0.3) is 6.08 Å². The Kier molecular flexibility index (Phi) is 13.7. The lowest BCUT2D eigenvalue weighted by molar-refractivity contribution is -0.224. The van der Waals surface area contributed by atoms with Gasteiger partial charge in [-0.05, 0) is 84.8 Å². The first-order valence-corrected chi connectivity index (χ1v) is 19.7. The molecule has 1 aromatic rings. The number of fused-ring (bicyclic) bond motifs is 3. The molecule has 1 saturated carbocycles. The maximum Gasteiger partial charge on any atom is 0.333 e. The Morgan fingerprint density at radius 2 is 1.57 bits per heavy atom. The van der Waals surface area contributed by atoms with Crippen molar-refractivity contribution in [2.24, 2.45) is 57.3 Å². The van der Waals surface area contributed by atoms with Crippen LogP contribution < -0.4 is 25.7 Å². The van der Waals surface area contributed by atoms with Gasteiger partial charge in [0.25, 0.3) is 0 Å². The fraction of sp³-hybridized carbons (Fsp3) is 0.568. The Morgan fingerprint density at radius 3 is 2.09 bits per heavy atom. The highest BCUT2D eigenvalue weighted by Crippen LogP contribution is 2.62. The van der Waals surface area contributed by atoms with Gasteiger partial charge in [0.05, 0.1) is 31.6 Å². The third-order valence-corrected chi connectivity index (χ3v) is 12.4. The number of oxime groups is 2. The molecule has 1 fully saturated rings. The molecule has 0 bridgehead atoms. The summed E-state index contributed by atoms with van der Waals surface area (Å²) < 4.78 is 25.3. The number of benzene rings is 1. The monoisotopic (exact) mass is 806 g/mol. The first-order chi connectivity index (χ1) is 27.1. The highest BCUT2D eigenvalue weighted by Gasteiger charge is 2.75. The standard InChI is InChI=1S/C44H62N4O10/c1-22(2)14-13-19-42(10)20-18-29-35(57-42)28(16-15-23(3)4)37-32(36(29)55-11)34(49)33-30(31(39(45)47-53)40(46)48-54)26(8)38(50)43(52,21-17-25(7)41(51)56-12)44(33,58-37)27(9)24(5)6/h14-15,17-18,20,24,26-27,30-31,33,52-54H,13,16,19,21H2,1-12H3,(H2,45,47)(H2,46,48)/b25-17-. The SMILES string of the molecule is COC(=O)/C(C)=C\CC1(O)C(=O)C(C)C(C(/C(N)=N/O)/C(N)=N\O)C2C(=O)c3c(OC)c4c(c(CC=C(C)C)c3OC21C(C)C(C)C)OC(C)(CCC=C(C)C)C=C4. The van der Waals surface area contributed by atoms with Gasteiger partial charge in [-0.3, -0.25) is 9.59 Å². The number of methoxy groups -OCH3 is 2. The zero-order valence-corrected chi connectivity index (χ0v) is 35.9. The van der Waals surface area contributed by atoms with Gasteiger partial charge in [-0.1, -0.05) is 67.4 Å². The topological polar surface area (TPSA) is 226 Å². The van der Waals surface area contributed by atoms with Gasteiger partial charge in [0.2, 0.25) is 0 Å². The minimum Gasteiger partial charge on any atom is -0.495 e. The molecule has 318 valence electrons. The van der Waals surface area contributed by atoms with Crippen molar-refractivity contribution in [1.29, 1.82) is 0 Å². The molecule has 4 rings (SSSR count).